The minimum atomic E-state index is -0.275. The van der Waals surface area contributed by atoms with E-state index >= 15 is 0 Å². The van der Waals surface area contributed by atoms with Gasteiger partial charge in [-0.2, -0.15) is 0 Å². The average molecular weight is 347 g/mol. The summed E-state index contributed by atoms with van der Waals surface area (Å²) in [6.45, 7) is 0.598. The van der Waals surface area contributed by atoms with E-state index in [1.807, 2.05) is 24.3 Å². The van der Waals surface area contributed by atoms with Crippen molar-refractivity contribution in [1.82, 2.24) is 10.4 Å². The number of rotatable bonds is 5. The van der Waals surface area contributed by atoms with Crippen LogP contribution in [-0.4, -0.2) is 28.7 Å². The highest BCUT2D eigenvalue weighted by molar-refractivity contribution is 9.09. The number of amides is 2. The molecule has 5 heteroatoms. The maximum Gasteiger partial charge on any atom is 0.275 e. The van der Waals surface area contributed by atoms with Gasteiger partial charge in [0.2, 0.25) is 0 Å². The molecule has 2 aromatic rings. The largest absolute Gasteiger partial charge is 0.275 e. The molecule has 0 unspecified atom stereocenters. The Bertz CT molecular complexity index is 664. The molecule has 0 saturated carbocycles. The van der Waals surface area contributed by atoms with Gasteiger partial charge in [0.05, 0.1) is 11.1 Å². The topological polar surface area (TPSA) is 49.4 Å². The number of hydrogen-bond donors (Lipinski definition) is 1. The number of hydrogen-bond acceptors (Lipinski definition) is 3. The van der Waals surface area contributed by atoms with Crippen LogP contribution in [0.3, 0.4) is 0 Å². The van der Waals surface area contributed by atoms with Crippen molar-refractivity contribution in [3.63, 3.8) is 0 Å². The van der Waals surface area contributed by atoms with E-state index < -0.39 is 0 Å². The molecule has 0 bridgehead atoms. The van der Waals surface area contributed by atoms with Gasteiger partial charge in [-0.25, -0.2) is 10.4 Å². The van der Waals surface area contributed by atoms with Crippen LogP contribution in [0.5, 0.6) is 0 Å². The lowest BCUT2D eigenvalue weighted by Crippen LogP contribution is -2.49. The van der Waals surface area contributed by atoms with Crippen molar-refractivity contribution in [1.29, 1.82) is 0 Å². The van der Waals surface area contributed by atoms with Crippen LogP contribution in [0.2, 0.25) is 0 Å². The molecule has 3 rings (SSSR count). The molecule has 2 amide bonds. The smallest absolute Gasteiger partial charge is 0.267 e. The maximum atomic E-state index is 12.5. The SMILES string of the molecule is O=C1c2cccc3cccc(c23)C(=O)N1NCCCCBr. The molecule has 4 nitrogen and oxygen atoms in total. The number of carbonyl (C=O) groups is 2. The third kappa shape index (κ3) is 2.47. The van der Waals surface area contributed by atoms with Crippen molar-refractivity contribution < 1.29 is 9.59 Å². The van der Waals surface area contributed by atoms with Crippen LogP contribution in [0.1, 0.15) is 33.6 Å². The molecule has 0 radical (unpaired) electrons. The zero-order valence-electron chi connectivity index (χ0n) is 11.4. The highest BCUT2D eigenvalue weighted by atomic mass is 79.9. The first-order valence-electron chi connectivity index (χ1n) is 6.94. The van der Waals surface area contributed by atoms with Crippen LogP contribution in [0.25, 0.3) is 10.8 Å². The van der Waals surface area contributed by atoms with Crippen molar-refractivity contribution in [3.05, 3.63) is 47.5 Å². The lowest BCUT2D eigenvalue weighted by Gasteiger charge is -2.27. The molecule has 1 aliphatic rings. The molecular weight excluding hydrogens is 332 g/mol. The van der Waals surface area contributed by atoms with E-state index in [2.05, 4.69) is 21.4 Å². The zero-order chi connectivity index (χ0) is 14.8. The quantitative estimate of drug-likeness (QED) is 0.514. The Kier molecular flexibility index (Phi) is 4.03. The molecule has 0 fully saturated rings. The normalized spacial score (nSPS) is 14.0. The lowest BCUT2D eigenvalue weighted by molar-refractivity contribution is 0.0520. The molecule has 0 aliphatic carbocycles. The van der Waals surface area contributed by atoms with E-state index in [0.29, 0.717) is 17.7 Å². The van der Waals surface area contributed by atoms with Crippen LogP contribution >= 0.6 is 15.9 Å². The van der Waals surface area contributed by atoms with E-state index in [4.69, 9.17) is 0 Å². The van der Waals surface area contributed by atoms with Gasteiger partial charge in [0, 0.05) is 17.3 Å². The fourth-order valence-corrected chi connectivity index (χ4v) is 2.98. The van der Waals surface area contributed by atoms with Gasteiger partial charge in [0.15, 0.2) is 0 Å². The monoisotopic (exact) mass is 346 g/mol. The van der Waals surface area contributed by atoms with Gasteiger partial charge in [-0.3, -0.25) is 9.59 Å². The molecular formula is C16H15BrN2O2. The number of hydrazine groups is 1. The van der Waals surface area contributed by atoms with Gasteiger partial charge in [-0.1, -0.05) is 40.2 Å². The summed E-state index contributed by atoms with van der Waals surface area (Å²) < 4.78 is 0. The van der Waals surface area contributed by atoms with Crippen LogP contribution in [0.15, 0.2) is 36.4 Å². The third-order valence-corrected chi connectivity index (χ3v) is 4.16. The molecule has 1 N–H and O–H groups in total. The molecule has 2 aromatic carbocycles. The first-order valence-corrected chi connectivity index (χ1v) is 8.06. The summed E-state index contributed by atoms with van der Waals surface area (Å²) in [5.74, 6) is -0.550. The number of carbonyl (C=O) groups excluding carboxylic acids is 2. The molecule has 0 atom stereocenters. The Labute approximate surface area is 131 Å². The zero-order valence-corrected chi connectivity index (χ0v) is 13.0. The Morgan fingerprint density at radius 3 is 2.14 bits per heavy atom. The minimum Gasteiger partial charge on any atom is -0.267 e. The number of unbranched alkanes of at least 4 members (excludes halogenated alkanes) is 1. The van der Waals surface area contributed by atoms with Gasteiger partial charge in [0.1, 0.15) is 0 Å². The molecule has 1 aliphatic heterocycles. The summed E-state index contributed by atoms with van der Waals surface area (Å²) in [4.78, 5) is 25.0. The Morgan fingerprint density at radius 1 is 0.952 bits per heavy atom. The summed E-state index contributed by atoms with van der Waals surface area (Å²) in [7, 11) is 0. The van der Waals surface area contributed by atoms with Crippen LogP contribution in [0, 0.1) is 0 Å². The fourth-order valence-electron chi connectivity index (χ4n) is 2.58. The maximum absolute atomic E-state index is 12.5. The Balaban J connectivity index is 1.95. The number of halogens is 1. The number of imide groups is 1. The number of nitrogens with zero attached hydrogens (tertiary/aromatic N) is 1. The van der Waals surface area contributed by atoms with Crippen LogP contribution in [0.4, 0.5) is 0 Å². The number of benzene rings is 2. The molecule has 0 aromatic heterocycles. The number of nitrogens with one attached hydrogen (secondary N) is 1. The van der Waals surface area contributed by atoms with Gasteiger partial charge in [-0.15, -0.1) is 0 Å². The first-order chi connectivity index (χ1) is 10.2. The second kappa shape index (κ2) is 5.95. The van der Waals surface area contributed by atoms with Gasteiger partial charge >= 0.3 is 0 Å². The summed E-state index contributed by atoms with van der Waals surface area (Å²) >= 11 is 3.37. The predicted molar refractivity (Wildman–Crippen MR) is 85.5 cm³/mol. The first kappa shape index (κ1) is 14.2. The summed E-state index contributed by atoms with van der Waals surface area (Å²) in [5, 5.41) is 3.74. The minimum absolute atomic E-state index is 0.275. The van der Waals surface area contributed by atoms with Crippen LogP contribution in [-0.2, 0) is 0 Å². The van der Waals surface area contributed by atoms with Crippen molar-refractivity contribution in [2.75, 3.05) is 11.9 Å². The Hall–Kier alpha value is -1.72. The van der Waals surface area contributed by atoms with E-state index in [1.54, 1.807) is 12.1 Å². The van der Waals surface area contributed by atoms with Crippen molar-refractivity contribution in [2.24, 2.45) is 0 Å². The van der Waals surface area contributed by atoms with E-state index in [-0.39, 0.29) is 11.8 Å². The second-order valence-electron chi connectivity index (χ2n) is 4.96. The molecule has 0 saturated heterocycles. The van der Waals surface area contributed by atoms with Crippen LogP contribution < -0.4 is 5.43 Å². The van der Waals surface area contributed by atoms with E-state index in [0.717, 1.165) is 34.0 Å². The summed E-state index contributed by atoms with van der Waals surface area (Å²) in [6, 6.07) is 11.1. The van der Waals surface area contributed by atoms with Crippen molar-refractivity contribution in [2.45, 2.75) is 12.8 Å². The third-order valence-electron chi connectivity index (χ3n) is 3.60. The second-order valence-corrected chi connectivity index (χ2v) is 5.75. The summed E-state index contributed by atoms with van der Waals surface area (Å²) in [6.07, 6.45) is 1.89. The molecule has 0 spiro atoms. The predicted octanol–water partition coefficient (Wildman–Crippen LogP) is 3.12. The van der Waals surface area contributed by atoms with Crippen molar-refractivity contribution >= 4 is 38.5 Å². The van der Waals surface area contributed by atoms with E-state index in [9.17, 15) is 9.59 Å². The highest BCUT2D eigenvalue weighted by Gasteiger charge is 2.32. The van der Waals surface area contributed by atoms with E-state index in [1.165, 1.54) is 0 Å². The van der Waals surface area contributed by atoms with Crippen molar-refractivity contribution in [3.8, 4) is 0 Å². The molecule has 21 heavy (non-hydrogen) atoms. The average Bonchev–Trinajstić information content (AvgIpc) is 2.51. The fraction of sp³-hybridized carbons (Fsp3) is 0.250. The Morgan fingerprint density at radius 2 is 1.57 bits per heavy atom. The lowest BCUT2D eigenvalue weighted by atomic mass is 9.95. The summed E-state index contributed by atoms with van der Waals surface area (Å²) in [5.41, 5.74) is 4.11. The standard InChI is InChI=1S/C16H15BrN2O2/c17-9-1-2-10-18-19-15(20)12-7-3-5-11-6-4-8-13(14(11)12)16(19)21/h3-8,18H,1-2,9-10H2. The van der Waals surface area contributed by atoms with Gasteiger partial charge in [-0.05, 0) is 30.4 Å². The van der Waals surface area contributed by atoms with Gasteiger partial charge < -0.3 is 0 Å². The van der Waals surface area contributed by atoms with Gasteiger partial charge in [0.25, 0.3) is 11.8 Å². The molecule has 1 heterocycles. The molecule has 108 valence electrons. The number of alkyl halides is 1. The highest BCUT2D eigenvalue weighted by Crippen LogP contribution is 2.29.